The van der Waals surface area contributed by atoms with E-state index in [2.05, 4.69) is 31.9 Å². The van der Waals surface area contributed by atoms with Crippen molar-refractivity contribution in [3.05, 3.63) is 144 Å². The molecule has 0 aliphatic carbocycles. The first-order valence-electron chi connectivity index (χ1n) is 21.2. The first-order valence-corrected chi connectivity index (χ1v) is 21.2. The number of hydrogen-bond acceptors (Lipinski definition) is 10. The fraction of sp³-hybridized carbons (Fsp3) is 0.375. The minimum absolute atomic E-state index is 0.000343. The van der Waals surface area contributed by atoms with Gasteiger partial charge in [0.15, 0.2) is 0 Å². The number of benzene rings is 4. The lowest BCUT2D eigenvalue weighted by molar-refractivity contribution is -0.132. The summed E-state index contributed by atoms with van der Waals surface area (Å²) in [7, 11) is 0. The predicted octanol–water partition coefficient (Wildman–Crippen LogP) is 3.30. The smallest absolute Gasteiger partial charge is 0.407 e. The maximum Gasteiger partial charge on any atom is 0.407 e. The van der Waals surface area contributed by atoms with Crippen LogP contribution >= 0.6 is 0 Å². The summed E-state index contributed by atoms with van der Waals surface area (Å²) in [5.74, 6) is -3.55. The maximum absolute atomic E-state index is 14.0. The fourth-order valence-electron chi connectivity index (χ4n) is 6.64. The Morgan fingerprint density at radius 1 is 0.453 bits per heavy atom. The molecule has 0 saturated heterocycles. The van der Waals surface area contributed by atoms with E-state index in [1.54, 1.807) is 137 Å². The molecule has 16 nitrogen and oxygen atoms in total. The largest absolute Gasteiger partial charge is 0.445 e. The summed E-state index contributed by atoms with van der Waals surface area (Å²) in [6.07, 6.45) is -4.90. The van der Waals surface area contributed by atoms with Crippen LogP contribution in [0.25, 0.3) is 0 Å². The molecular weight excluding hydrogens is 821 g/mol. The normalized spacial score (nSPS) is 13.8. The summed E-state index contributed by atoms with van der Waals surface area (Å²) in [6.45, 7) is 5.91. The van der Waals surface area contributed by atoms with E-state index in [1.165, 1.54) is 0 Å². The number of rotatable bonds is 23. The highest BCUT2D eigenvalue weighted by Crippen LogP contribution is 2.17. The van der Waals surface area contributed by atoms with E-state index in [0.717, 1.165) is 11.1 Å². The maximum atomic E-state index is 14.0. The van der Waals surface area contributed by atoms with Crippen molar-refractivity contribution in [2.24, 2.45) is 11.8 Å². The summed E-state index contributed by atoms with van der Waals surface area (Å²) in [6, 6.07) is 31.4. The zero-order valence-corrected chi connectivity index (χ0v) is 36.6. The lowest BCUT2D eigenvalue weighted by Crippen LogP contribution is -2.62. The molecule has 16 heteroatoms. The second-order valence-corrected chi connectivity index (χ2v) is 16.0. The van der Waals surface area contributed by atoms with Gasteiger partial charge in [-0.05, 0) is 46.9 Å². The molecule has 6 atom stereocenters. The molecule has 0 aliphatic rings. The van der Waals surface area contributed by atoms with Crippen LogP contribution in [0, 0.1) is 11.8 Å². The van der Waals surface area contributed by atoms with Gasteiger partial charge >= 0.3 is 12.2 Å². The Labute approximate surface area is 373 Å². The van der Waals surface area contributed by atoms with Gasteiger partial charge in [-0.2, -0.15) is 0 Å². The van der Waals surface area contributed by atoms with E-state index in [9.17, 15) is 39.0 Å². The van der Waals surface area contributed by atoms with Crippen LogP contribution in [-0.2, 0) is 54.7 Å². The van der Waals surface area contributed by atoms with E-state index in [-0.39, 0.29) is 26.1 Å². The molecule has 6 amide bonds. The Balaban J connectivity index is 1.45. The fourth-order valence-corrected chi connectivity index (χ4v) is 6.64. The standard InChI is InChI=1S/C48H60N6O10/c1-31(2)41(53-39(55)27-49-47(61)63-29-35-21-13-7-14-22-35)45(59)51-37(25-33-17-9-5-10-18-33)43(57)44(58)38(26-34-19-11-6-12-20-34)52-46(60)42(32(3)4)54-40(56)28-50-48(62)64-30-36-23-15-8-16-24-36/h5-24,31-32,37-38,41-44,57-58H,25-30H2,1-4H3,(H,49,61)(H,50,62)(H,51,59)(H,52,60)(H,53,55)(H,54,56)/t37-,38-,41-,42-,43+,44+/m0/s1. The van der Waals surface area contributed by atoms with Gasteiger partial charge in [-0.25, -0.2) is 9.59 Å². The van der Waals surface area contributed by atoms with Crippen LogP contribution < -0.4 is 31.9 Å². The lowest BCUT2D eigenvalue weighted by Gasteiger charge is -2.35. The molecule has 0 unspecified atom stereocenters. The van der Waals surface area contributed by atoms with Crippen molar-refractivity contribution in [2.45, 2.75) is 90.1 Å². The van der Waals surface area contributed by atoms with Gasteiger partial charge in [0.1, 0.15) is 50.6 Å². The number of nitrogens with one attached hydrogen (secondary N) is 6. The minimum atomic E-state index is -1.68. The molecule has 342 valence electrons. The summed E-state index contributed by atoms with van der Waals surface area (Å²) >= 11 is 0. The van der Waals surface area contributed by atoms with Gasteiger partial charge in [0, 0.05) is 0 Å². The number of alkyl carbamates (subject to hydrolysis) is 2. The highest BCUT2D eigenvalue weighted by molar-refractivity contribution is 5.90. The molecule has 4 rings (SSSR count). The van der Waals surface area contributed by atoms with Crippen molar-refractivity contribution in [3.63, 3.8) is 0 Å². The zero-order valence-electron chi connectivity index (χ0n) is 36.6. The molecule has 8 N–H and O–H groups in total. The third-order valence-corrected chi connectivity index (χ3v) is 10.2. The molecule has 4 aromatic rings. The number of carbonyl (C=O) groups is 6. The van der Waals surface area contributed by atoms with Gasteiger partial charge in [0.25, 0.3) is 0 Å². The number of carbonyl (C=O) groups excluding carboxylic acids is 6. The molecule has 0 radical (unpaired) electrons. The van der Waals surface area contributed by atoms with Gasteiger partial charge in [0.2, 0.25) is 23.6 Å². The van der Waals surface area contributed by atoms with E-state index in [0.29, 0.717) is 11.1 Å². The van der Waals surface area contributed by atoms with Crippen LogP contribution in [-0.4, -0.2) is 95.5 Å². The molecule has 4 aromatic carbocycles. The second kappa shape index (κ2) is 26.0. The van der Waals surface area contributed by atoms with Crippen LogP contribution in [0.2, 0.25) is 0 Å². The van der Waals surface area contributed by atoms with E-state index >= 15 is 0 Å². The first kappa shape index (κ1) is 49.9. The third kappa shape index (κ3) is 17.2. The minimum Gasteiger partial charge on any atom is -0.445 e. The van der Waals surface area contributed by atoms with E-state index in [4.69, 9.17) is 9.47 Å². The van der Waals surface area contributed by atoms with Crippen molar-refractivity contribution in [1.29, 1.82) is 0 Å². The Hall–Kier alpha value is -6.78. The topological polar surface area (TPSA) is 234 Å². The van der Waals surface area contributed by atoms with Crippen molar-refractivity contribution in [3.8, 4) is 0 Å². The van der Waals surface area contributed by atoms with Crippen molar-refractivity contribution < 1.29 is 48.5 Å². The summed E-state index contributed by atoms with van der Waals surface area (Å²) in [5, 5.41) is 39.6. The molecule has 0 fully saturated rings. The van der Waals surface area contributed by atoms with E-state index < -0.39 is 97.1 Å². The van der Waals surface area contributed by atoms with Crippen LogP contribution in [0.4, 0.5) is 9.59 Å². The average Bonchev–Trinajstić information content (AvgIpc) is 3.29. The lowest BCUT2D eigenvalue weighted by atomic mass is 9.90. The quantitative estimate of drug-likeness (QED) is 0.0542. The van der Waals surface area contributed by atoms with Gasteiger partial charge < -0.3 is 51.6 Å². The van der Waals surface area contributed by atoms with Crippen molar-refractivity contribution in [1.82, 2.24) is 31.9 Å². The number of ether oxygens (including phenoxy) is 2. The number of aliphatic hydroxyl groups is 2. The Morgan fingerprint density at radius 3 is 1.05 bits per heavy atom. The number of aliphatic hydroxyl groups excluding tert-OH is 2. The Kier molecular flexibility index (Phi) is 20.3. The van der Waals surface area contributed by atoms with Crippen LogP contribution in [0.3, 0.4) is 0 Å². The van der Waals surface area contributed by atoms with Crippen LogP contribution in [0.5, 0.6) is 0 Å². The summed E-state index contributed by atoms with van der Waals surface area (Å²) < 4.78 is 10.3. The Bertz CT molecular complexity index is 1930. The molecule has 0 saturated carbocycles. The SMILES string of the molecule is CC(C)[C@H](NC(=O)CNC(=O)OCc1ccccc1)C(=O)N[C@@H](Cc1ccccc1)[C@@H](O)[C@H](O)[C@H](Cc1ccccc1)NC(=O)[C@@H](NC(=O)CNC(=O)OCc1ccccc1)C(C)C. The first-order chi connectivity index (χ1) is 30.7. The number of hydrogen-bond donors (Lipinski definition) is 8. The predicted molar refractivity (Wildman–Crippen MR) is 239 cm³/mol. The third-order valence-electron chi connectivity index (χ3n) is 10.2. The summed E-state index contributed by atoms with van der Waals surface area (Å²) in [5.41, 5.74) is 2.95. The highest BCUT2D eigenvalue weighted by Gasteiger charge is 2.37. The van der Waals surface area contributed by atoms with Gasteiger partial charge in [-0.1, -0.05) is 149 Å². The molecule has 0 bridgehead atoms. The molecule has 0 spiro atoms. The second-order valence-electron chi connectivity index (χ2n) is 16.0. The van der Waals surface area contributed by atoms with Crippen molar-refractivity contribution in [2.75, 3.05) is 13.1 Å². The average molecular weight is 881 g/mol. The molecule has 0 aromatic heterocycles. The van der Waals surface area contributed by atoms with Gasteiger partial charge in [-0.15, -0.1) is 0 Å². The highest BCUT2D eigenvalue weighted by atomic mass is 16.6. The number of amides is 6. The van der Waals surface area contributed by atoms with E-state index in [1.807, 2.05) is 12.1 Å². The molecule has 0 aliphatic heterocycles. The molecule has 64 heavy (non-hydrogen) atoms. The van der Waals surface area contributed by atoms with Gasteiger partial charge in [-0.3, -0.25) is 19.2 Å². The Morgan fingerprint density at radius 2 is 0.750 bits per heavy atom. The van der Waals surface area contributed by atoms with Crippen LogP contribution in [0.15, 0.2) is 121 Å². The van der Waals surface area contributed by atoms with Gasteiger partial charge in [0.05, 0.1) is 12.1 Å². The van der Waals surface area contributed by atoms with Crippen LogP contribution in [0.1, 0.15) is 49.9 Å². The zero-order chi connectivity index (χ0) is 46.4. The monoisotopic (exact) mass is 880 g/mol. The molecular formula is C48H60N6O10. The van der Waals surface area contributed by atoms with Crippen molar-refractivity contribution >= 4 is 35.8 Å². The molecule has 0 heterocycles. The summed E-state index contributed by atoms with van der Waals surface area (Å²) in [4.78, 5) is 78.5.